The molecule has 0 amide bonds. The average Bonchev–Trinajstić information content (AvgIpc) is 2.30. The normalized spacial score (nSPS) is 23.6. The monoisotopic (exact) mass is 152 g/mol. The van der Waals surface area contributed by atoms with Crippen LogP contribution in [0.1, 0.15) is 38.5 Å². The molecule has 11 heavy (non-hydrogen) atoms. The summed E-state index contributed by atoms with van der Waals surface area (Å²) in [7, 11) is 0. The molecule has 0 heterocycles. The van der Waals surface area contributed by atoms with Crippen molar-refractivity contribution in [2.45, 2.75) is 38.5 Å². The van der Waals surface area contributed by atoms with Gasteiger partial charge in [0.15, 0.2) is 0 Å². The van der Waals surface area contributed by atoms with Crippen LogP contribution in [-0.4, -0.2) is 6.54 Å². The highest BCUT2D eigenvalue weighted by atomic mass is 14.6. The van der Waals surface area contributed by atoms with Gasteiger partial charge >= 0.3 is 0 Å². The van der Waals surface area contributed by atoms with Crippen molar-refractivity contribution in [3.63, 3.8) is 0 Å². The fourth-order valence-corrected chi connectivity index (χ4v) is 1.77. The number of nitrogens with zero attached hydrogens (tertiary/aromatic N) is 1. The van der Waals surface area contributed by atoms with E-state index in [4.69, 9.17) is 11.0 Å². The first kappa shape index (κ1) is 8.55. The highest BCUT2D eigenvalue weighted by Crippen LogP contribution is 2.32. The molecule has 0 aromatic heterocycles. The van der Waals surface area contributed by atoms with E-state index >= 15 is 0 Å². The Morgan fingerprint density at radius 3 is 2.09 bits per heavy atom. The van der Waals surface area contributed by atoms with E-state index in [-0.39, 0.29) is 5.41 Å². The van der Waals surface area contributed by atoms with Crippen molar-refractivity contribution in [1.82, 2.24) is 0 Å². The third-order valence-corrected chi connectivity index (χ3v) is 2.69. The topological polar surface area (TPSA) is 49.8 Å². The summed E-state index contributed by atoms with van der Waals surface area (Å²) in [6, 6.07) is 2.38. The van der Waals surface area contributed by atoms with E-state index in [2.05, 4.69) is 6.07 Å². The molecule has 0 atom stereocenters. The lowest BCUT2D eigenvalue weighted by molar-refractivity contribution is 0.353. The molecule has 2 N–H and O–H groups in total. The molecule has 0 saturated heterocycles. The van der Waals surface area contributed by atoms with E-state index in [1.165, 1.54) is 25.7 Å². The van der Waals surface area contributed by atoms with Gasteiger partial charge in [-0.2, -0.15) is 5.26 Å². The van der Waals surface area contributed by atoms with E-state index in [1.54, 1.807) is 0 Å². The second-order valence-corrected chi connectivity index (χ2v) is 3.51. The second kappa shape index (κ2) is 3.73. The molecule has 2 nitrogen and oxygen atoms in total. The van der Waals surface area contributed by atoms with Crippen molar-refractivity contribution in [2.75, 3.05) is 6.54 Å². The van der Waals surface area contributed by atoms with Crippen LogP contribution in [0.2, 0.25) is 0 Å². The lowest BCUT2D eigenvalue weighted by atomic mass is 9.82. The van der Waals surface area contributed by atoms with E-state index < -0.39 is 0 Å². The summed E-state index contributed by atoms with van der Waals surface area (Å²) in [6.07, 6.45) is 6.96. The number of nitrogens with two attached hydrogens (primary N) is 1. The van der Waals surface area contributed by atoms with Gasteiger partial charge in [0.1, 0.15) is 0 Å². The average molecular weight is 152 g/mol. The fourth-order valence-electron chi connectivity index (χ4n) is 1.77. The Balaban J connectivity index is 2.58. The number of hydrogen-bond donors (Lipinski definition) is 1. The molecule has 1 aliphatic rings. The largest absolute Gasteiger partial charge is 0.329 e. The minimum absolute atomic E-state index is 0.170. The van der Waals surface area contributed by atoms with Crippen LogP contribution in [0.4, 0.5) is 0 Å². The summed E-state index contributed by atoms with van der Waals surface area (Å²) in [5.74, 6) is 0. The van der Waals surface area contributed by atoms with Crippen LogP contribution in [0.25, 0.3) is 0 Å². The molecule has 1 fully saturated rings. The fraction of sp³-hybridized carbons (Fsp3) is 0.889. The zero-order valence-electron chi connectivity index (χ0n) is 6.97. The first-order valence-electron chi connectivity index (χ1n) is 4.44. The van der Waals surface area contributed by atoms with Crippen molar-refractivity contribution < 1.29 is 0 Å². The zero-order valence-corrected chi connectivity index (χ0v) is 6.97. The summed E-state index contributed by atoms with van der Waals surface area (Å²) < 4.78 is 0. The van der Waals surface area contributed by atoms with Crippen molar-refractivity contribution in [3.8, 4) is 6.07 Å². The first-order valence-corrected chi connectivity index (χ1v) is 4.44. The van der Waals surface area contributed by atoms with E-state index in [0.29, 0.717) is 6.54 Å². The quantitative estimate of drug-likeness (QED) is 0.582. The molecular formula is C9H16N2. The number of nitriles is 1. The molecule has 1 rings (SSSR count). The Bertz CT molecular complexity index is 149. The summed E-state index contributed by atoms with van der Waals surface area (Å²) >= 11 is 0. The molecular weight excluding hydrogens is 136 g/mol. The molecule has 0 aromatic rings. The van der Waals surface area contributed by atoms with Crippen molar-refractivity contribution in [2.24, 2.45) is 11.1 Å². The van der Waals surface area contributed by atoms with Crippen LogP contribution in [-0.2, 0) is 0 Å². The van der Waals surface area contributed by atoms with Crippen LogP contribution in [0, 0.1) is 16.7 Å². The molecule has 1 aliphatic carbocycles. The summed E-state index contributed by atoms with van der Waals surface area (Å²) in [5.41, 5.74) is 5.43. The Kier molecular flexibility index (Phi) is 2.90. The highest BCUT2D eigenvalue weighted by Gasteiger charge is 2.28. The van der Waals surface area contributed by atoms with Gasteiger partial charge in [-0.15, -0.1) is 0 Å². The van der Waals surface area contributed by atoms with Crippen LogP contribution >= 0.6 is 0 Å². The summed E-state index contributed by atoms with van der Waals surface area (Å²) in [4.78, 5) is 0. The predicted molar refractivity (Wildman–Crippen MR) is 44.8 cm³/mol. The lowest BCUT2D eigenvalue weighted by Gasteiger charge is -2.21. The predicted octanol–water partition coefficient (Wildman–Crippen LogP) is 1.81. The van der Waals surface area contributed by atoms with E-state index in [9.17, 15) is 0 Å². The number of hydrogen-bond acceptors (Lipinski definition) is 2. The van der Waals surface area contributed by atoms with Gasteiger partial charge in [0.25, 0.3) is 0 Å². The zero-order chi connectivity index (χ0) is 8.16. The molecule has 0 radical (unpaired) electrons. The number of rotatable bonds is 1. The van der Waals surface area contributed by atoms with Crippen molar-refractivity contribution >= 4 is 0 Å². The lowest BCUT2D eigenvalue weighted by Crippen LogP contribution is -2.28. The van der Waals surface area contributed by atoms with Gasteiger partial charge in [-0.25, -0.2) is 0 Å². The molecule has 2 heteroatoms. The second-order valence-electron chi connectivity index (χ2n) is 3.51. The van der Waals surface area contributed by atoms with Crippen LogP contribution in [0.15, 0.2) is 0 Å². The summed E-state index contributed by atoms with van der Waals surface area (Å²) in [6.45, 7) is 0.545. The maximum atomic E-state index is 8.94. The minimum atomic E-state index is -0.170. The smallest absolute Gasteiger partial charge is 0.0703 e. The van der Waals surface area contributed by atoms with E-state index in [1.807, 2.05) is 0 Å². The maximum absolute atomic E-state index is 8.94. The Morgan fingerprint density at radius 1 is 1.18 bits per heavy atom. The van der Waals surface area contributed by atoms with Crippen LogP contribution in [0.5, 0.6) is 0 Å². The van der Waals surface area contributed by atoms with Gasteiger partial charge in [0, 0.05) is 6.54 Å². The molecule has 0 bridgehead atoms. The third-order valence-electron chi connectivity index (χ3n) is 2.69. The SMILES string of the molecule is N#CC1(CN)CCCCCC1. The van der Waals surface area contributed by atoms with Gasteiger partial charge in [-0.1, -0.05) is 25.7 Å². The van der Waals surface area contributed by atoms with Gasteiger partial charge in [-0.3, -0.25) is 0 Å². The summed E-state index contributed by atoms with van der Waals surface area (Å²) in [5, 5.41) is 8.94. The van der Waals surface area contributed by atoms with Gasteiger partial charge in [0.2, 0.25) is 0 Å². The molecule has 62 valence electrons. The standard InChI is InChI=1S/C9H16N2/c10-7-9(8-11)5-3-1-2-4-6-9/h1-7,10H2. The minimum Gasteiger partial charge on any atom is -0.329 e. The Labute approximate surface area is 68.4 Å². The first-order chi connectivity index (χ1) is 5.33. The van der Waals surface area contributed by atoms with Gasteiger partial charge in [-0.05, 0) is 12.8 Å². The van der Waals surface area contributed by atoms with Crippen molar-refractivity contribution in [1.29, 1.82) is 5.26 Å². The molecule has 0 aliphatic heterocycles. The molecule has 0 aromatic carbocycles. The van der Waals surface area contributed by atoms with Gasteiger partial charge < -0.3 is 5.73 Å². The van der Waals surface area contributed by atoms with Crippen LogP contribution in [0.3, 0.4) is 0 Å². The van der Waals surface area contributed by atoms with Gasteiger partial charge in [0.05, 0.1) is 11.5 Å². The Morgan fingerprint density at radius 2 is 1.73 bits per heavy atom. The third kappa shape index (κ3) is 1.94. The highest BCUT2D eigenvalue weighted by molar-refractivity contribution is 5.00. The van der Waals surface area contributed by atoms with Crippen molar-refractivity contribution in [3.05, 3.63) is 0 Å². The molecule has 1 saturated carbocycles. The van der Waals surface area contributed by atoms with E-state index in [0.717, 1.165) is 12.8 Å². The molecule has 0 unspecified atom stereocenters. The van der Waals surface area contributed by atoms with Crippen LogP contribution < -0.4 is 5.73 Å². The Hall–Kier alpha value is -0.550. The molecule has 0 spiro atoms. The maximum Gasteiger partial charge on any atom is 0.0703 e.